The second-order valence-electron chi connectivity index (χ2n) is 11.3. The quantitative estimate of drug-likeness (QED) is 0.0987. The molecule has 0 saturated heterocycles. The van der Waals surface area contributed by atoms with Gasteiger partial charge in [-0.2, -0.15) is 0 Å². The highest BCUT2D eigenvalue weighted by atomic mass is 16.6. The third-order valence-corrected chi connectivity index (χ3v) is 7.58. The lowest BCUT2D eigenvalue weighted by Gasteiger charge is -2.18. The van der Waals surface area contributed by atoms with E-state index in [1.165, 1.54) is 24.3 Å². The fourth-order valence-electron chi connectivity index (χ4n) is 5.20. The van der Waals surface area contributed by atoms with Crippen molar-refractivity contribution in [2.45, 2.75) is 0 Å². The van der Waals surface area contributed by atoms with E-state index in [9.17, 15) is 19.5 Å². The Labute approximate surface area is 302 Å². The SMILES string of the molecule is O=C(CNC(=O)Oc1ccc(-c2oc3cc(Oc4ccccc4)cc(=O)c-3c(O)c2Oc2ccccc2)cc1Oc1ccccc1)Oc1ccccc1. The first-order valence-electron chi connectivity index (χ1n) is 16.3. The molecule has 5 aromatic carbocycles. The summed E-state index contributed by atoms with van der Waals surface area (Å²) >= 11 is 0. The molecule has 11 heteroatoms. The van der Waals surface area contributed by atoms with Crippen molar-refractivity contribution >= 4 is 12.1 Å². The third kappa shape index (κ3) is 8.27. The first kappa shape index (κ1) is 33.9. The largest absolute Gasteiger partial charge is 0.504 e. The van der Waals surface area contributed by atoms with Crippen molar-refractivity contribution in [1.29, 1.82) is 0 Å². The van der Waals surface area contributed by atoms with Gasteiger partial charge in [0.25, 0.3) is 0 Å². The molecule has 262 valence electrons. The number of fused-ring (bicyclic) bond motifs is 1. The number of aromatic hydroxyl groups is 1. The Balaban J connectivity index is 1.26. The molecule has 0 unspecified atom stereocenters. The van der Waals surface area contributed by atoms with Crippen LogP contribution in [0.2, 0.25) is 0 Å². The minimum Gasteiger partial charge on any atom is -0.504 e. The second kappa shape index (κ2) is 15.6. The van der Waals surface area contributed by atoms with Crippen LogP contribution < -0.4 is 34.4 Å². The number of benzene rings is 6. The molecule has 0 radical (unpaired) electrons. The number of para-hydroxylation sites is 4. The molecule has 1 aliphatic carbocycles. The van der Waals surface area contributed by atoms with Crippen LogP contribution in [0.1, 0.15) is 0 Å². The van der Waals surface area contributed by atoms with E-state index in [1.807, 2.05) is 12.1 Å². The Morgan fingerprint density at radius 3 is 1.77 bits per heavy atom. The number of ether oxygens (including phenoxy) is 5. The minimum absolute atomic E-state index is 0.0116. The van der Waals surface area contributed by atoms with E-state index < -0.39 is 29.8 Å². The van der Waals surface area contributed by atoms with E-state index in [0.717, 1.165) is 0 Å². The van der Waals surface area contributed by atoms with Crippen LogP contribution in [0.15, 0.2) is 161 Å². The molecular formula is C42H29NO10. The van der Waals surface area contributed by atoms with Gasteiger partial charge in [0, 0.05) is 17.7 Å². The summed E-state index contributed by atoms with van der Waals surface area (Å²) in [4.78, 5) is 38.6. The summed E-state index contributed by atoms with van der Waals surface area (Å²) in [6.07, 6.45) is -0.948. The summed E-state index contributed by atoms with van der Waals surface area (Å²) in [5.41, 5.74) is -0.363. The lowest BCUT2D eigenvalue weighted by molar-refractivity contribution is -0.133. The van der Waals surface area contributed by atoms with Gasteiger partial charge in [0.15, 0.2) is 28.4 Å². The maximum absolute atomic E-state index is 13.4. The first-order chi connectivity index (χ1) is 25.9. The number of rotatable bonds is 11. The first-order valence-corrected chi connectivity index (χ1v) is 16.3. The van der Waals surface area contributed by atoms with Gasteiger partial charge in [-0.1, -0.05) is 72.8 Å². The van der Waals surface area contributed by atoms with Gasteiger partial charge >= 0.3 is 12.1 Å². The molecule has 0 fully saturated rings. The van der Waals surface area contributed by atoms with Crippen LogP contribution in [0.5, 0.6) is 51.7 Å². The van der Waals surface area contributed by atoms with Gasteiger partial charge < -0.3 is 38.5 Å². The van der Waals surface area contributed by atoms with Crippen LogP contribution >= 0.6 is 0 Å². The minimum atomic E-state index is -0.948. The van der Waals surface area contributed by atoms with E-state index in [1.54, 1.807) is 115 Å². The number of hydrogen-bond acceptors (Lipinski definition) is 10. The predicted octanol–water partition coefficient (Wildman–Crippen LogP) is 9.19. The number of hydrogen-bond donors (Lipinski definition) is 2. The molecule has 11 nitrogen and oxygen atoms in total. The number of carbonyl (C=O) groups excluding carboxylic acids is 2. The summed E-state index contributed by atoms with van der Waals surface area (Å²) < 4.78 is 35.3. The van der Waals surface area contributed by atoms with E-state index in [0.29, 0.717) is 28.6 Å². The van der Waals surface area contributed by atoms with E-state index in [-0.39, 0.29) is 40.1 Å². The van der Waals surface area contributed by atoms with Gasteiger partial charge in [-0.15, -0.1) is 0 Å². The summed E-state index contributed by atoms with van der Waals surface area (Å²) in [6.45, 7) is -0.464. The monoisotopic (exact) mass is 707 g/mol. The average molecular weight is 708 g/mol. The third-order valence-electron chi connectivity index (χ3n) is 7.58. The highest BCUT2D eigenvalue weighted by Crippen LogP contribution is 2.49. The number of nitrogens with one attached hydrogen (secondary N) is 1. The molecule has 0 bridgehead atoms. The zero-order valence-corrected chi connectivity index (χ0v) is 27.8. The van der Waals surface area contributed by atoms with Gasteiger partial charge in [-0.25, -0.2) is 9.59 Å². The van der Waals surface area contributed by atoms with Gasteiger partial charge in [-0.05, 0) is 66.7 Å². The van der Waals surface area contributed by atoms with Crippen LogP contribution in [0, 0.1) is 0 Å². The standard InChI is InChI=1S/C42H29NO10/c44-33-24-32(48-28-13-5-1-6-14-28)25-36-38(33)39(46)41(51-31-19-11-4-12-20-31)40(52-36)27-21-22-34(35(23-27)49-29-15-7-2-8-16-29)53-42(47)43-26-37(45)50-30-17-9-3-10-18-30/h1-25,46H,26H2,(H,43,47). The average Bonchev–Trinajstić information content (AvgIpc) is 3.17. The topological polar surface area (TPSA) is 143 Å². The molecule has 2 aliphatic rings. The number of esters is 1. The molecule has 0 spiro atoms. The lowest BCUT2D eigenvalue weighted by atomic mass is 10.0. The van der Waals surface area contributed by atoms with E-state index in [4.69, 9.17) is 28.1 Å². The molecule has 1 aliphatic heterocycles. The Bertz CT molecular complexity index is 2380. The Morgan fingerprint density at radius 1 is 0.585 bits per heavy atom. The zero-order chi connectivity index (χ0) is 36.6. The van der Waals surface area contributed by atoms with Crippen LogP contribution in [-0.4, -0.2) is 23.7 Å². The fraction of sp³-hybridized carbons (Fsp3) is 0.0238. The Kier molecular flexibility index (Phi) is 9.97. The summed E-state index contributed by atoms with van der Waals surface area (Å²) in [5, 5.41) is 14.0. The van der Waals surface area contributed by atoms with Crippen molar-refractivity contribution in [3.05, 3.63) is 162 Å². The summed E-state index contributed by atoms with van der Waals surface area (Å²) in [7, 11) is 0. The molecule has 5 aromatic rings. The van der Waals surface area contributed by atoms with Gasteiger partial charge in [0.05, 0.1) is 0 Å². The smallest absolute Gasteiger partial charge is 0.413 e. The van der Waals surface area contributed by atoms with Crippen LogP contribution in [0.25, 0.3) is 22.6 Å². The van der Waals surface area contributed by atoms with Crippen molar-refractivity contribution in [2.24, 2.45) is 0 Å². The Hall–Kier alpha value is -7.53. The van der Waals surface area contributed by atoms with Gasteiger partial charge in [-0.3, -0.25) is 4.79 Å². The van der Waals surface area contributed by atoms with Crippen molar-refractivity contribution in [3.8, 4) is 74.4 Å². The highest BCUT2D eigenvalue weighted by molar-refractivity contribution is 5.82. The predicted molar refractivity (Wildman–Crippen MR) is 194 cm³/mol. The lowest BCUT2D eigenvalue weighted by Crippen LogP contribution is -2.34. The van der Waals surface area contributed by atoms with Crippen molar-refractivity contribution in [1.82, 2.24) is 5.32 Å². The molecular weight excluding hydrogens is 678 g/mol. The van der Waals surface area contributed by atoms with Crippen molar-refractivity contribution < 1.29 is 42.8 Å². The Morgan fingerprint density at radius 2 is 1.15 bits per heavy atom. The molecule has 0 aromatic heterocycles. The maximum Gasteiger partial charge on any atom is 0.413 e. The van der Waals surface area contributed by atoms with Gasteiger partial charge in [0.2, 0.25) is 5.75 Å². The number of amides is 1. The molecule has 7 rings (SSSR count). The highest BCUT2D eigenvalue weighted by Gasteiger charge is 2.27. The zero-order valence-electron chi connectivity index (χ0n) is 27.8. The second-order valence-corrected chi connectivity index (χ2v) is 11.3. The van der Waals surface area contributed by atoms with E-state index >= 15 is 0 Å². The number of carbonyl (C=O) groups is 2. The molecule has 1 heterocycles. The summed E-state index contributed by atoms with van der Waals surface area (Å²) in [5.74, 6) is 0.574. The molecule has 1 amide bonds. The van der Waals surface area contributed by atoms with Crippen molar-refractivity contribution in [3.63, 3.8) is 0 Å². The van der Waals surface area contributed by atoms with Crippen LogP contribution in [0.4, 0.5) is 4.79 Å². The molecule has 0 atom stereocenters. The van der Waals surface area contributed by atoms with Crippen LogP contribution in [0.3, 0.4) is 0 Å². The van der Waals surface area contributed by atoms with Crippen LogP contribution in [-0.2, 0) is 4.79 Å². The van der Waals surface area contributed by atoms with Gasteiger partial charge in [0.1, 0.15) is 46.6 Å². The fourth-order valence-corrected chi connectivity index (χ4v) is 5.20. The molecule has 0 saturated carbocycles. The molecule has 2 N–H and O–H groups in total. The van der Waals surface area contributed by atoms with E-state index in [2.05, 4.69) is 5.32 Å². The molecule has 53 heavy (non-hydrogen) atoms. The normalized spacial score (nSPS) is 10.6. The van der Waals surface area contributed by atoms with Crippen molar-refractivity contribution in [2.75, 3.05) is 6.54 Å². The maximum atomic E-state index is 13.4. The summed E-state index contributed by atoms with van der Waals surface area (Å²) in [6, 6.07) is 42.0.